The zero-order valence-corrected chi connectivity index (χ0v) is 25.9. The van der Waals surface area contributed by atoms with Crippen molar-refractivity contribution in [2.45, 2.75) is 46.5 Å². The van der Waals surface area contributed by atoms with E-state index in [1.807, 2.05) is 79.7 Å². The largest absolute Gasteiger partial charge is 0.494 e. The van der Waals surface area contributed by atoms with E-state index in [-0.39, 0.29) is 35.1 Å². The molecule has 5 rings (SSSR count). The summed E-state index contributed by atoms with van der Waals surface area (Å²) >= 11 is 0. The molecule has 0 unspecified atom stereocenters. The Balaban J connectivity index is 0.00000387. The molecule has 205 valence electrons. The van der Waals surface area contributed by atoms with Crippen LogP contribution in [-0.2, 0) is 12.8 Å². The molecule has 0 bridgehead atoms. The first kappa shape index (κ1) is 30.2. The topological polar surface area (TPSA) is 103 Å². The molecule has 1 N–H and O–H groups in total. The van der Waals surface area contributed by atoms with Crippen LogP contribution < -0.4 is 16.1 Å². The van der Waals surface area contributed by atoms with Crippen LogP contribution in [0.3, 0.4) is 0 Å². The summed E-state index contributed by atoms with van der Waals surface area (Å²) in [7, 11) is 0. The van der Waals surface area contributed by atoms with Crippen LogP contribution >= 0.6 is 0 Å². The van der Waals surface area contributed by atoms with Crippen LogP contribution in [0.25, 0.3) is 28.2 Å². The fourth-order valence-electron chi connectivity index (χ4n) is 4.85. The van der Waals surface area contributed by atoms with Crippen molar-refractivity contribution < 1.29 is 9.26 Å². The van der Waals surface area contributed by atoms with Gasteiger partial charge in [-0.15, -0.1) is 0 Å². The molecule has 0 amide bonds. The molecule has 0 aliphatic heterocycles. The molecule has 41 heavy (non-hydrogen) atoms. The van der Waals surface area contributed by atoms with E-state index in [1.54, 1.807) is 4.57 Å². The molecule has 3 aromatic carbocycles. The van der Waals surface area contributed by atoms with Crippen LogP contribution in [0.4, 0.5) is 0 Å². The predicted octanol–water partition coefficient (Wildman–Crippen LogP) is 5.50. The average molecular weight is 560 g/mol. The summed E-state index contributed by atoms with van der Waals surface area (Å²) in [6.07, 6.45) is 3.03. The van der Waals surface area contributed by atoms with Gasteiger partial charge in [0.15, 0.2) is 5.82 Å². The molecule has 0 fully saturated rings. The van der Waals surface area contributed by atoms with Crippen LogP contribution in [0.15, 0.2) is 86.9 Å². The van der Waals surface area contributed by atoms with Gasteiger partial charge in [0, 0.05) is 47.1 Å². The van der Waals surface area contributed by atoms with Crippen LogP contribution in [0.1, 0.15) is 49.3 Å². The number of H-pyrrole nitrogens is 1. The first-order chi connectivity index (χ1) is 19.5. The van der Waals surface area contributed by atoms with Crippen molar-refractivity contribution in [1.29, 1.82) is 0 Å². The first-order valence-electron chi connectivity index (χ1n) is 13.6. The summed E-state index contributed by atoms with van der Waals surface area (Å²) in [5.41, 5.74) is 5.90. The molecular formula is C32H32N4NaO4. The monoisotopic (exact) mass is 559 g/mol. The second kappa shape index (κ2) is 13.8. The standard InChI is InChI=1S/C32H32N4O4.Na/c1-4-8-29-28(31(37)36(21(3)33-29)24-15-17-25(18-16-24)39-19-5-2)20-22-11-13-23(14-12-22)26-9-6-7-10-27(26)30-34-32(38)40-35-30;/h6-7,9-18H,4-5,8,19-20H2,1-3H3,(H,34,35,38);. The maximum atomic E-state index is 13.9. The van der Waals surface area contributed by atoms with Crippen LogP contribution in [0, 0.1) is 6.92 Å². The van der Waals surface area contributed by atoms with Gasteiger partial charge in [-0.2, -0.15) is 0 Å². The Hall–Kier alpha value is -3.72. The molecule has 9 heteroatoms. The number of hydrogen-bond acceptors (Lipinski definition) is 6. The number of aromatic nitrogens is 4. The van der Waals surface area contributed by atoms with E-state index < -0.39 is 5.76 Å². The Morgan fingerprint density at radius 1 is 0.902 bits per heavy atom. The number of rotatable bonds is 10. The molecule has 5 aromatic rings. The zero-order valence-electron chi connectivity index (χ0n) is 23.9. The molecular weight excluding hydrogens is 527 g/mol. The summed E-state index contributed by atoms with van der Waals surface area (Å²) in [5, 5.41) is 3.85. The SMILES string of the molecule is CCCOc1ccc(-n2c(C)nc(CCC)c(Cc3ccc(-c4ccccc4-c4noc(=O)[nH]4)cc3)c2=O)cc1.[Na]. The molecule has 0 aliphatic carbocycles. The summed E-state index contributed by atoms with van der Waals surface area (Å²) in [6, 6.07) is 23.3. The molecule has 2 heterocycles. The van der Waals surface area contributed by atoms with Crippen LogP contribution in [0.5, 0.6) is 5.75 Å². The number of nitrogens with zero attached hydrogens (tertiary/aromatic N) is 3. The van der Waals surface area contributed by atoms with Crippen LogP contribution in [-0.4, -0.2) is 55.9 Å². The number of benzene rings is 3. The van der Waals surface area contributed by atoms with Gasteiger partial charge in [0.1, 0.15) is 11.6 Å². The van der Waals surface area contributed by atoms with Gasteiger partial charge in [-0.3, -0.25) is 18.9 Å². The van der Waals surface area contributed by atoms with Crippen molar-refractivity contribution in [2.24, 2.45) is 0 Å². The van der Waals surface area contributed by atoms with Gasteiger partial charge in [0.05, 0.1) is 18.0 Å². The molecule has 8 nitrogen and oxygen atoms in total. The Labute approximate surface area is 260 Å². The third kappa shape index (κ3) is 6.78. The number of hydrogen-bond donors (Lipinski definition) is 1. The van der Waals surface area contributed by atoms with Gasteiger partial charge < -0.3 is 4.74 Å². The predicted molar refractivity (Wildman–Crippen MR) is 161 cm³/mol. The van der Waals surface area contributed by atoms with Gasteiger partial charge in [-0.1, -0.05) is 74.0 Å². The second-order valence-electron chi connectivity index (χ2n) is 9.68. The van der Waals surface area contributed by atoms with Crippen LogP contribution in [0.2, 0.25) is 0 Å². The second-order valence-corrected chi connectivity index (χ2v) is 9.68. The minimum absolute atomic E-state index is 0. The molecule has 1 radical (unpaired) electrons. The maximum Gasteiger partial charge on any atom is 0.439 e. The van der Waals surface area contributed by atoms with Crippen molar-refractivity contribution in [1.82, 2.24) is 19.7 Å². The van der Waals surface area contributed by atoms with E-state index in [2.05, 4.69) is 24.0 Å². The maximum absolute atomic E-state index is 13.9. The minimum Gasteiger partial charge on any atom is -0.494 e. The molecule has 0 saturated carbocycles. The van der Waals surface area contributed by atoms with Gasteiger partial charge in [0.2, 0.25) is 0 Å². The first-order valence-corrected chi connectivity index (χ1v) is 13.6. The van der Waals surface area contributed by atoms with Gasteiger partial charge in [0.25, 0.3) is 5.56 Å². The molecule has 0 saturated heterocycles. The van der Waals surface area contributed by atoms with E-state index in [9.17, 15) is 9.59 Å². The third-order valence-corrected chi connectivity index (χ3v) is 6.75. The van der Waals surface area contributed by atoms with E-state index in [0.717, 1.165) is 58.6 Å². The van der Waals surface area contributed by atoms with Crippen molar-refractivity contribution >= 4 is 29.6 Å². The van der Waals surface area contributed by atoms with Gasteiger partial charge in [-0.05, 0) is 60.7 Å². The Kier molecular flexibility index (Phi) is 10.2. The van der Waals surface area contributed by atoms with E-state index in [1.165, 1.54) is 0 Å². The average Bonchev–Trinajstić information content (AvgIpc) is 3.41. The Bertz CT molecular complexity index is 1720. The fraction of sp³-hybridized carbons (Fsp3) is 0.250. The fourth-order valence-corrected chi connectivity index (χ4v) is 4.85. The van der Waals surface area contributed by atoms with Crippen molar-refractivity contribution in [3.05, 3.63) is 116 Å². The Morgan fingerprint density at radius 3 is 2.24 bits per heavy atom. The van der Waals surface area contributed by atoms with Crippen molar-refractivity contribution in [3.8, 4) is 34.0 Å². The van der Waals surface area contributed by atoms with E-state index in [0.29, 0.717) is 30.2 Å². The molecule has 2 aromatic heterocycles. The smallest absolute Gasteiger partial charge is 0.439 e. The van der Waals surface area contributed by atoms with Crippen molar-refractivity contribution in [3.63, 3.8) is 0 Å². The summed E-state index contributed by atoms with van der Waals surface area (Å²) < 4.78 is 12.1. The van der Waals surface area contributed by atoms with Crippen molar-refractivity contribution in [2.75, 3.05) is 6.61 Å². The Morgan fingerprint density at radius 2 is 1.61 bits per heavy atom. The molecule has 0 spiro atoms. The molecule has 0 atom stereocenters. The number of ether oxygens (including phenoxy) is 1. The van der Waals surface area contributed by atoms with E-state index in [4.69, 9.17) is 14.2 Å². The quantitative estimate of drug-likeness (QED) is 0.227. The summed E-state index contributed by atoms with van der Waals surface area (Å²) in [4.78, 5) is 32.9. The van der Waals surface area contributed by atoms with E-state index >= 15 is 0 Å². The third-order valence-electron chi connectivity index (χ3n) is 6.75. The zero-order chi connectivity index (χ0) is 28.1. The number of aryl methyl sites for hydroxylation is 2. The summed E-state index contributed by atoms with van der Waals surface area (Å²) in [6.45, 7) is 6.69. The van der Waals surface area contributed by atoms with Gasteiger partial charge in [-0.25, -0.2) is 9.78 Å². The molecule has 0 aliphatic rings. The minimum atomic E-state index is -0.596. The summed E-state index contributed by atoms with van der Waals surface area (Å²) in [5.74, 6) is 1.23. The van der Waals surface area contributed by atoms with Gasteiger partial charge >= 0.3 is 5.76 Å². The number of nitrogens with one attached hydrogen (secondary N) is 1. The number of aromatic amines is 1. The normalized spacial score (nSPS) is 10.8.